The van der Waals surface area contributed by atoms with Gasteiger partial charge in [-0.15, -0.1) is 0 Å². The molecule has 0 aliphatic carbocycles. The minimum Gasteiger partial charge on any atom is -0.339 e. The maximum Gasteiger partial charge on any atom is 0.246 e. The van der Waals surface area contributed by atoms with Crippen molar-refractivity contribution < 1.29 is 4.79 Å². The highest BCUT2D eigenvalue weighted by Gasteiger charge is 2.24. The summed E-state index contributed by atoms with van der Waals surface area (Å²) in [4.78, 5) is 20.6. The molecule has 1 fully saturated rings. The Morgan fingerprint density at radius 3 is 2.83 bits per heavy atom. The summed E-state index contributed by atoms with van der Waals surface area (Å²) in [5, 5.41) is 4.56. The lowest BCUT2D eigenvalue weighted by atomic mass is 9.93. The van der Waals surface area contributed by atoms with Crippen LogP contribution < -0.4 is 0 Å². The van der Waals surface area contributed by atoms with Crippen molar-refractivity contribution in [1.29, 1.82) is 0 Å². The number of aryl methyl sites for hydroxylation is 1. The fraction of sp³-hybridized carbons (Fsp3) is 0.500. The van der Waals surface area contributed by atoms with E-state index >= 15 is 0 Å². The molecule has 2 aromatic rings. The Hall–Kier alpha value is -2.21. The van der Waals surface area contributed by atoms with Crippen LogP contribution in [0.2, 0.25) is 0 Å². The van der Waals surface area contributed by atoms with E-state index in [9.17, 15) is 4.79 Å². The Morgan fingerprint density at radius 2 is 2.12 bits per heavy atom. The second kappa shape index (κ2) is 7.13. The quantitative estimate of drug-likeness (QED) is 0.805. The molecule has 1 amide bonds. The third kappa shape index (κ3) is 3.64. The van der Waals surface area contributed by atoms with Gasteiger partial charge in [-0.3, -0.25) is 4.79 Å². The van der Waals surface area contributed by atoms with E-state index in [0.717, 1.165) is 43.8 Å². The van der Waals surface area contributed by atoms with Crippen molar-refractivity contribution in [2.75, 3.05) is 33.7 Å². The number of likely N-dealkylation sites (tertiary alicyclic amines) is 1. The van der Waals surface area contributed by atoms with Crippen molar-refractivity contribution in [3.8, 4) is 0 Å². The summed E-state index contributed by atoms with van der Waals surface area (Å²) in [5.41, 5.74) is 3.08. The predicted molar refractivity (Wildman–Crippen MR) is 94.0 cm³/mol. The zero-order valence-electron chi connectivity index (χ0n) is 14.6. The van der Waals surface area contributed by atoms with Gasteiger partial charge >= 0.3 is 0 Å². The summed E-state index contributed by atoms with van der Waals surface area (Å²) in [6.07, 6.45) is 7.40. The lowest BCUT2D eigenvalue weighted by Crippen LogP contribution is -2.37. The molecule has 0 unspecified atom stereocenters. The molecule has 6 heteroatoms. The SMILES string of the molecule is Cc1cc2nccc(C3CCN(C(=O)/C=C/CN(C)C)CC3)n2n1. The molecular weight excluding hydrogens is 302 g/mol. The Kier molecular flexibility index (Phi) is 4.94. The number of nitrogens with zero attached hydrogens (tertiary/aromatic N) is 5. The van der Waals surface area contributed by atoms with Crippen LogP contribution >= 0.6 is 0 Å². The summed E-state index contributed by atoms with van der Waals surface area (Å²) in [5.74, 6) is 0.537. The molecule has 0 N–H and O–H groups in total. The number of rotatable bonds is 4. The Bertz CT molecular complexity index is 741. The maximum absolute atomic E-state index is 12.2. The van der Waals surface area contributed by atoms with E-state index in [1.54, 1.807) is 6.08 Å². The number of hydrogen-bond acceptors (Lipinski definition) is 4. The highest BCUT2D eigenvalue weighted by Crippen LogP contribution is 2.28. The molecule has 0 aromatic carbocycles. The molecule has 1 aliphatic rings. The van der Waals surface area contributed by atoms with Crippen LogP contribution in [-0.2, 0) is 4.79 Å². The zero-order chi connectivity index (χ0) is 17.1. The molecule has 1 aliphatic heterocycles. The standard InChI is InChI=1S/C18H25N5O/c1-14-13-17-19-9-6-16(23(17)20-14)15-7-11-22(12-8-15)18(24)5-4-10-21(2)3/h4-6,9,13,15H,7-8,10-12H2,1-3H3/b5-4+. The molecule has 0 bridgehead atoms. The van der Waals surface area contributed by atoms with Gasteiger partial charge in [-0.25, -0.2) is 9.50 Å². The number of aromatic nitrogens is 3. The summed E-state index contributed by atoms with van der Waals surface area (Å²) in [7, 11) is 3.99. The lowest BCUT2D eigenvalue weighted by Gasteiger charge is -2.31. The number of hydrogen-bond donors (Lipinski definition) is 0. The van der Waals surface area contributed by atoms with Crippen LogP contribution in [0.15, 0.2) is 30.5 Å². The molecule has 0 saturated carbocycles. The largest absolute Gasteiger partial charge is 0.339 e. The summed E-state index contributed by atoms with van der Waals surface area (Å²) in [6, 6.07) is 4.05. The van der Waals surface area contributed by atoms with Gasteiger partial charge in [0, 0.05) is 49.6 Å². The third-order valence-corrected chi connectivity index (χ3v) is 4.47. The first-order valence-corrected chi connectivity index (χ1v) is 8.46. The smallest absolute Gasteiger partial charge is 0.246 e. The first-order valence-electron chi connectivity index (χ1n) is 8.46. The molecule has 24 heavy (non-hydrogen) atoms. The summed E-state index contributed by atoms with van der Waals surface area (Å²) in [6.45, 7) is 4.36. The van der Waals surface area contributed by atoms with E-state index in [1.807, 2.05) is 53.7 Å². The topological polar surface area (TPSA) is 53.7 Å². The monoisotopic (exact) mass is 327 g/mol. The zero-order valence-corrected chi connectivity index (χ0v) is 14.6. The molecule has 2 aromatic heterocycles. The van der Waals surface area contributed by atoms with Crippen molar-refractivity contribution in [2.45, 2.75) is 25.7 Å². The van der Waals surface area contributed by atoms with Gasteiger partial charge in [-0.2, -0.15) is 5.10 Å². The second-order valence-corrected chi connectivity index (χ2v) is 6.69. The normalized spacial score (nSPS) is 16.6. The van der Waals surface area contributed by atoms with Crippen molar-refractivity contribution in [3.05, 3.63) is 41.9 Å². The highest BCUT2D eigenvalue weighted by atomic mass is 16.2. The minimum atomic E-state index is 0.116. The highest BCUT2D eigenvalue weighted by molar-refractivity contribution is 5.87. The van der Waals surface area contributed by atoms with Crippen molar-refractivity contribution in [1.82, 2.24) is 24.4 Å². The van der Waals surface area contributed by atoms with Crippen molar-refractivity contribution in [2.24, 2.45) is 0 Å². The van der Waals surface area contributed by atoms with E-state index in [1.165, 1.54) is 5.69 Å². The third-order valence-electron chi connectivity index (χ3n) is 4.47. The van der Waals surface area contributed by atoms with Gasteiger partial charge in [0.15, 0.2) is 5.65 Å². The number of carbonyl (C=O) groups is 1. The molecule has 0 spiro atoms. The molecule has 128 valence electrons. The molecule has 3 heterocycles. The van der Waals surface area contributed by atoms with Gasteiger partial charge in [0.25, 0.3) is 0 Å². The summed E-state index contributed by atoms with van der Waals surface area (Å²) >= 11 is 0. The molecule has 0 atom stereocenters. The molecular formula is C18H25N5O. The lowest BCUT2D eigenvalue weighted by molar-refractivity contribution is -0.127. The van der Waals surface area contributed by atoms with Crippen molar-refractivity contribution in [3.63, 3.8) is 0 Å². The maximum atomic E-state index is 12.2. The average molecular weight is 327 g/mol. The molecule has 0 radical (unpaired) electrons. The Morgan fingerprint density at radius 1 is 1.38 bits per heavy atom. The van der Waals surface area contributed by atoms with Gasteiger partial charge in [0.05, 0.1) is 5.69 Å². The first-order chi connectivity index (χ1) is 11.5. The summed E-state index contributed by atoms with van der Waals surface area (Å²) < 4.78 is 1.95. The van der Waals surface area contributed by atoms with Gasteiger partial charge in [0.1, 0.15) is 0 Å². The van der Waals surface area contributed by atoms with Gasteiger partial charge in [-0.05, 0) is 39.9 Å². The van der Waals surface area contributed by atoms with Crippen LogP contribution in [0.4, 0.5) is 0 Å². The van der Waals surface area contributed by atoms with E-state index < -0.39 is 0 Å². The van der Waals surface area contributed by atoms with Gasteiger partial charge < -0.3 is 9.80 Å². The van der Waals surface area contributed by atoms with E-state index in [-0.39, 0.29) is 5.91 Å². The number of carbonyl (C=O) groups excluding carboxylic acids is 1. The van der Waals surface area contributed by atoms with Crippen LogP contribution in [0.5, 0.6) is 0 Å². The van der Waals surface area contributed by atoms with Crippen LogP contribution in [0.3, 0.4) is 0 Å². The fourth-order valence-corrected chi connectivity index (χ4v) is 3.20. The van der Waals surface area contributed by atoms with E-state index in [2.05, 4.69) is 16.1 Å². The number of fused-ring (bicyclic) bond motifs is 1. The van der Waals surface area contributed by atoms with Crippen LogP contribution in [0.25, 0.3) is 5.65 Å². The number of piperidine rings is 1. The van der Waals surface area contributed by atoms with E-state index in [0.29, 0.717) is 5.92 Å². The second-order valence-electron chi connectivity index (χ2n) is 6.69. The first kappa shape index (κ1) is 16.6. The molecule has 1 saturated heterocycles. The fourth-order valence-electron chi connectivity index (χ4n) is 3.20. The van der Waals surface area contributed by atoms with Crippen molar-refractivity contribution >= 4 is 11.6 Å². The van der Waals surface area contributed by atoms with Crippen LogP contribution in [-0.4, -0.2) is 64.0 Å². The van der Waals surface area contributed by atoms with Crippen LogP contribution in [0, 0.1) is 6.92 Å². The predicted octanol–water partition coefficient (Wildman–Crippen LogP) is 1.86. The van der Waals surface area contributed by atoms with Gasteiger partial charge in [-0.1, -0.05) is 6.08 Å². The van der Waals surface area contributed by atoms with Crippen LogP contribution in [0.1, 0.15) is 30.1 Å². The molecule has 3 rings (SSSR count). The van der Waals surface area contributed by atoms with Gasteiger partial charge in [0.2, 0.25) is 5.91 Å². The van der Waals surface area contributed by atoms with E-state index in [4.69, 9.17) is 0 Å². The minimum absolute atomic E-state index is 0.116. The molecule has 6 nitrogen and oxygen atoms in total. The number of amides is 1. The Balaban J connectivity index is 1.64. The number of likely N-dealkylation sites (N-methyl/N-ethyl adjacent to an activating group) is 1. The Labute approximate surface area is 142 Å². The average Bonchev–Trinajstić information content (AvgIpc) is 2.94.